The van der Waals surface area contributed by atoms with Crippen molar-refractivity contribution in [1.82, 2.24) is 9.97 Å². The van der Waals surface area contributed by atoms with Crippen LogP contribution in [0.15, 0.2) is 30.6 Å². The van der Waals surface area contributed by atoms with Gasteiger partial charge in [-0.25, -0.2) is 4.98 Å². The number of aryl methyl sites for hydroxylation is 1. The zero-order chi connectivity index (χ0) is 12.3. The molecule has 0 atom stereocenters. The summed E-state index contributed by atoms with van der Waals surface area (Å²) in [5, 5.41) is 13.8. The van der Waals surface area contributed by atoms with E-state index in [4.69, 9.17) is 0 Å². The van der Waals surface area contributed by atoms with Crippen molar-refractivity contribution in [2.45, 2.75) is 13.5 Å². The van der Waals surface area contributed by atoms with E-state index in [2.05, 4.69) is 15.3 Å². The van der Waals surface area contributed by atoms with Crippen LogP contribution in [0.3, 0.4) is 0 Å². The van der Waals surface area contributed by atoms with Crippen LogP contribution in [0.1, 0.15) is 11.4 Å². The highest BCUT2D eigenvalue weighted by Gasteiger charge is 2.10. The number of imidazole rings is 1. The second-order valence-electron chi connectivity index (χ2n) is 3.65. The molecule has 6 nitrogen and oxygen atoms in total. The largest absolute Gasteiger partial charge is 0.378 e. The Kier molecular flexibility index (Phi) is 3.04. The van der Waals surface area contributed by atoms with E-state index in [-0.39, 0.29) is 10.6 Å². The van der Waals surface area contributed by atoms with Crippen LogP contribution in [-0.2, 0) is 6.54 Å². The average molecular weight is 232 g/mol. The molecule has 0 spiro atoms. The Balaban J connectivity index is 2.11. The van der Waals surface area contributed by atoms with Gasteiger partial charge in [0.15, 0.2) is 0 Å². The number of hydrogen-bond acceptors (Lipinski definition) is 4. The second-order valence-corrected chi connectivity index (χ2v) is 3.65. The van der Waals surface area contributed by atoms with Crippen LogP contribution in [0, 0.1) is 17.0 Å². The molecule has 1 heterocycles. The first-order chi connectivity index (χ1) is 8.16. The number of aromatic amines is 1. The lowest BCUT2D eigenvalue weighted by Crippen LogP contribution is -2.02. The minimum Gasteiger partial charge on any atom is -0.378 e. The molecule has 0 fully saturated rings. The number of nitrogens with one attached hydrogen (secondary N) is 2. The molecule has 6 heteroatoms. The standard InChI is InChI=1S/C11H12N4O2/c1-8-2-3-9(6-10(8)15(16)17)14-7-11-12-4-5-13-11/h2-6,14H,7H2,1H3,(H,12,13). The fourth-order valence-corrected chi connectivity index (χ4v) is 1.50. The lowest BCUT2D eigenvalue weighted by molar-refractivity contribution is -0.385. The van der Waals surface area contributed by atoms with Gasteiger partial charge < -0.3 is 10.3 Å². The van der Waals surface area contributed by atoms with Crippen molar-refractivity contribution in [3.63, 3.8) is 0 Å². The quantitative estimate of drug-likeness (QED) is 0.625. The molecule has 2 rings (SSSR count). The van der Waals surface area contributed by atoms with Crippen LogP contribution in [0.4, 0.5) is 11.4 Å². The number of hydrogen-bond donors (Lipinski definition) is 2. The first-order valence-electron chi connectivity index (χ1n) is 5.14. The summed E-state index contributed by atoms with van der Waals surface area (Å²) in [4.78, 5) is 17.4. The predicted octanol–water partition coefficient (Wildman–Crippen LogP) is 2.24. The first kappa shape index (κ1) is 11.1. The van der Waals surface area contributed by atoms with E-state index >= 15 is 0 Å². The summed E-state index contributed by atoms with van der Waals surface area (Å²) in [6, 6.07) is 5.06. The average Bonchev–Trinajstić information content (AvgIpc) is 2.80. The number of benzene rings is 1. The number of nitro benzene ring substituents is 1. The van der Waals surface area contributed by atoms with Gasteiger partial charge in [-0.15, -0.1) is 0 Å². The fraction of sp³-hybridized carbons (Fsp3) is 0.182. The van der Waals surface area contributed by atoms with Gasteiger partial charge in [-0.05, 0) is 13.0 Å². The second kappa shape index (κ2) is 4.65. The zero-order valence-electron chi connectivity index (χ0n) is 9.30. The van der Waals surface area contributed by atoms with Gasteiger partial charge in [0, 0.05) is 29.7 Å². The van der Waals surface area contributed by atoms with E-state index in [1.54, 1.807) is 25.4 Å². The van der Waals surface area contributed by atoms with Gasteiger partial charge in [-0.3, -0.25) is 10.1 Å². The van der Waals surface area contributed by atoms with Crippen molar-refractivity contribution in [3.8, 4) is 0 Å². The highest BCUT2D eigenvalue weighted by Crippen LogP contribution is 2.22. The Morgan fingerprint density at radius 1 is 1.53 bits per heavy atom. The van der Waals surface area contributed by atoms with E-state index in [0.29, 0.717) is 17.8 Å². The monoisotopic (exact) mass is 232 g/mol. The molecule has 0 aliphatic rings. The van der Waals surface area contributed by atoms with E-state index in [9.17, 15) is 10.1 Å². The molecule has 0 radical (unpaired) electrons. The summed E-state index contributed by atoms with van der Waals surface area (Å²) in [6.45, 7) is 2.22. The SMILES string of the molecule is Cc1ccc(NCc2ncc[nH]2)cc1[N+](=O)[O-]. The third kappa shape index (κ3) is 2.60. The molecule has 0 aliphatic carbocycles. The molecule has 88 valence electrons. The van der Waals surface area contributed by atoms with E-state index in [0.717, 1.165) is 5.82 Å². The Labute approximate surface area is 97.9 Å². The molecule has 1 aromatic heterocycles. The maximum Gasteiger partial charge on any atom is 0.274 e. The zero-order valence-corrected chi connectivity index (χ0v) is 9.30. The maximum absolute atomic E-state index is 10.8. The summed E-state index contributed by atoms with van der Waals surface area (Å²) in [6.07, 6.45) is 3.39. The Bertz CT molecular complexity index is 522. The topological polar surface area (TPSA) is 83.8 Å². The molecule has 1 aromatic carbocycles. The smallest absolute Gasteiger partial charge is 0.274 e. The van der Waals surface area contributed by atoms with Gasteiger partial charge >= 0.3 is 0 Å². The van der Waals surface area contributed by atoms with Gasteiger partial charge in [0.25, 0.3) is 5.69 Å². The van der Waals surface area contributed by atoms with Gasteiger partial charge in [-0.2, -0.15) is 0 Å². The van der Waals surface area contributed by atoms with Crippen LogP contribution in [0.2, 0.25) is 0 Å². The Morgan fingerprint density at radius 2 is 2.35 bits per heavy atom. The lowest BCUT2D eigenvalue weighted by atomic mass is 10.2. The normalized spacial score (nSPS) is 10.2. The van der Waals surface area contributed by atoms with Crippen LogP contribution in [0.5, 0.6) is 0 Å². The molecular weight excluding hydrogens is 220 g/mol. The molecule has 2 aromatic rings. The van der Waals surface area contributed by atoms with Gasteiger partial charge in [0.1, 0.15) is 5.82 Å². The number of rotatable bonds is 4. The Morgan fingerprint density at radius 3 is 3.00 bits per heavy atom. The summed E-state index contributed by atoms with van der Waals surface area (Å²) in [5.74, 6) is 0.785. The molecule has 0 bridgehead atoms. The summed E-state index contributed by atoms with van der Waals surface area (Å²) in [5.41, 5.74) is 1.48. The van der Waals surface area contributed by atoms with Crippen molar-refractivity contribution < 1.29 is 4.92 Å². The summed E-state index contributed by atoms with van der Waals surface area (Å²) >= 11 is 0. The minimum atomic E-state index is -0.382. The first-order valence-corrected chi connectivity index (χ1v) is 5.14. The highest BCUT2D eigenvalue weighted by atomic mass is 16.6. The lowest BCUT2D eigenvalue weighted by Gasteiger charge is -2.05. The minimum absolute atomic E-state index is 0.120. The van der Waals surface area contributed by atoms with Crippen molar-refractivity contribution in [1.29, 1.82) is 0 Å². The molecule has 2 N–H and O–H groups in total. The molecule has 0 saturated heterocycles. The number of nitro groups is 1. The van der Waals surface area contributed by atoms with Crippen molar-refractivity contribution in [2.75, 3.05) is 5.32 Å². The fourth-order valence-electron chi connectivity index (χ4n) is 1.50. The number of nitrogens with zero attached hydrogens (tertiary/aromatic N) is 2. The maximum atomic E-state index is 10.8. The predicted molar refractivity (Wildman–Crippen MR) is 63.7 cm³/mol. The van der Waals surface area contributed by atoms with Crippen LogP contribution < -0.4 is 5.32 Å². The Hall–Kier alpha value is -2.37. The third-order valence-corrected chi connectivity index (χ3v) is 2.42. The number of anilines is 1. The van der Waals surface area contributed by atoms with Crippen molar-refractivity contribution in [3.05, 3.63) is 52.1 Å². The van der Waals surface area contributed by atoms with Crippen molar-refractivity contribution >= 4 is 11.4 Å². The van der Waals surface area contributed by atoms with Crippen molar-refractivity contribution in [2.24, 2.45) is 0 Å². The number of H-pyrrole nitrogens is 1. The van der Waals surface area contributed by atoms with Gasteiger partial charge in [-0.1, -0.05) is 6.07 Å². The highest BCUT2D eigenvalue weighted by molar-refractivity contribution is 5.54. The van der Waals surface area contributed by atoms with Crippen LogP contribution in [-0.4, -0.2) is 14.9 Å². The van der Waals surface area contributed by atoms with Crippen LogP contribution in [0.25, 0.3) is 0 Å². The van der Waals surface area contributed by atoms with Crippen LogP contribution >= 0.6 is 0 Å². The molecule has 0 aliphatic heterocycles. The molecular formula is C11H12N4O2. The molecule has 0 amide bonds. The van der Waals surface area contributed by atoms with Gasteiger partial charge in [0.2, 0.25) is 0 Å². The molecule has 0 unspecified atom stereocenters. The van der Waals surface area contributed by atoms with E-state index < -0.39 is 0 Å². The van der Waals surface area contributed by atoms with E-state index in [1.807, 2.05) is 6.07 Å². The third-order valence-electron chi connectivity index (χ3n) is 2.42. The van der Waals surface area contributed by atoms with Gasteiger partial charge in [0.05, 0.1) is 11.5 Å². The summed E-state index contributed by atoms with van der Waals surface area (Å²) < 4.78 is 0. The molecule has 17 heavy (non-hydrogen) atoms. The van der Waals surface area contributed by atoms with E-state index in [1.165, 1.54) is 6.07 Å². The molecule has 0 saturated carbocycles. The summed E-state index contributed by atoms with van der Waals surface area (Å²) in [7, 11) is 0. The number of aromatic nitrogens is 2.